The molecule has 128 valence electrons. The summed E-state index contributed by atoms with van der Waals surface area (Å²) in [5.41, 5.74) is 3.04. The average molecular weight is 335 g/mol. The maximum absolute atomic E-state index is 12.1. The molecule has 1 amide bonds. The molecule has 1 heterocycles. The fraction of sp³-hybridized carbons (Fsp3) is 0.200. The van der Waals surface area contributed by atoms with Gasteiger partial charge in [-0.3, -0.25) is 4.79 Å². The number of rotatable bonds is 6. The summed E-state index contributed by atoms with van der Waals surface area (Å²) in [6.45, 7) is 4.34. The van der Waals surface area contributed by atoms with Crippen molar-refractivity contribution in [3.8, 4) is 11.4 Å². The summed E-state index contributed by atoms with van der Waals surface area (Å²) in [6, 6.07) is 15.6. The minimum atomic E-state index is -0.152. The Balaban J connectivity index is 1.61. The van der Waals surface area contributed by atoms with E-state index in [1.807, 2.05) is 73.1 Å². The van der Waals surface area contributed by atoms with Crippen LogP contribution in [-0.4, -0.2) is 22.1 Å². The summed E-state index contributed by atoms with van der Waals surface area (Å²) in [5.74, 6) is 1.48. The molecular formula is C20H21N3O2. The summed E-state index contributed by atoms with van der Waals surface area (Å²) < 4.78 is 7.59. The Morgan fingerprint density at radius 2 is 1.88 bits per heavy atom. The molecule has 0 saturated carbocycles. The van der Waals surface area contributed by atoms with Gasteiger partial charge in [-0.25, -0.2) is 4.98 Å². The van der Waals surface area contributed by atoms with E-state index in [-0.39, 0.29) is 12.5 Å². The van der Waals surface area contributed by atoms with Crippen molar-refractivity contribution < 1.29 is 9.53 Å². The van der Waals surface area contributed by atoms with Crippen LogP contribution in [0.2, 0.25) is 0 Å². The maximum atomic E-state index is 12.1. The molecule has 5 nitrogen and oxygen atoms in total. The molecule has 0 aliphatic heterocycles. The number of hydrogen-bond donors (Lipinski definition) is 1. The van der Waals surface area contributed by atoms with Crippen LogP contribution in [0.1, 0.15) is 17.0 Å². The predicted octanol–water partition coefficient (Wildman–Crippen LogP) is 3.18. The van der Waals surface area contributed by atoms with Crippen LogP contribution in [-0.2, 0) is 11.3 Å². The Kier molecular flexibility index (Phi) is 5.14. The Labute approximate surface area is 147 Å². The van der Waals surface area contributed by atoms with Crippen LogP contribution in [0.15, 0.2) is 60.9 Å². The second kappa shape index (κ2) is 7.66. The lowest BCUT2D eigenvalue weighted by atomic mass is 10.1. The Bertz CT molecular complexity index is 871. The highest BCUT2D eigenvalue weighted by Gasteiger charge is 2.09. The molecule has 0 atom stereocenters. The van der Waals surface area contributed by atoms with Gasteiger partial charge in [0.25, 0.3) is 5.91 Å². The van der Waals surface area contributed by atoms with Gasteiger partial charge in [0.1, 0.15) is 11.6 Å². The SMILES string of the molecule is Cc1ccccc1OCC(=O)NCc1ccccc1-n1ccnc1C. The zero-order valence-electron chi connectivity index (χ0n) is 14.4. The first-order chi connectivity index (χ1) is 12.1. The van der Waals surface area contributed by atoms with E-state index in [4.69, 9.17) is 4.74 Å². The number of hydrogen-bond acceptors (Lipinski definition) is 3. The van der Waals surface area contributed by atoms with E-state index >= 15 is 0 Å². The molecule has 0 spiro atoms. The summed E-state index contributed by atoms with van der Waals surface area (Å²) in [7, 11) is 0. The molecule has 0 fully saturated rings. The average Bonchev–Trinajstić information content (AvgIpc) is 3.05. The molecule has 3 aromatic rings. The van der Waals surface area contributed by atoms with Gasteiger partial charge in [0, 0.05) is 18.9 Å². The zero-order valence-corrected chi connectivity index (χ0v) is 14.4. The largest absolute Gasteiger partial charge is 0.484 e. The lowest BCUT2D eigenvalue weighted by molar-refractivity contribution is -0.123. The van der Waals surface area contributed by atoms with Gasteiger partial charge in [0.15, 0.2) is 6.61 Å². The lowest BCUT2D eigenvalue weighted by Gasteiger charge is -2.13. The highest BCUT2D eigenvalue weighted by atomic mass is 16.5. The van der Waals surface area contributed by atoms with E-state index in [1.165, 1.54) is 0 Å². The van der Waals surface area contributed by atoms with Crippen molar-refractivity contribution in [2.75, 3.05) is 6.61 Å². The van der Waals surface area contributed by atoms with Crippen LogP contribution in [0.5, 0.6) is 5.75 Å². The summed E-state index contributed by atoms with van der Waals surface area (Å²) in [6.07, 6.45) is 3.68. The van der Waals surface area contributed by atoms with Crippen LogP contribution >= 0.6 is 0 Å². The molecule has 1 N–H and O–H groups in total. The van der Waals surface area contributed by atoms with Gasteiger partial charge >= 0.3 is 0 Å². The highest BCUT2D eigenvalue weighted by Crippen LogP contribution is 2.17. The number of ether oxygens (including phenoxy) is 1. The number of nitrogens with one attached hydrogen (secondary N) is 1. The molecular weight excluding hydrogens is 314 g/mol. The van der Waals surface area contributed by atoms with Gasteiger partial charge in [0.05, 0.1) is 5.69 Å². The van der Waals surface area contributed by atoms with Gasteiger partial charge in [-0.2, -0.15) is 0 Å². The molecule has 1 aromatic heterocycles. The van der Waals surface area contributed by atoms with Gasteiger partial charge in [0.2, 0.25) is 0 Å². The van der Waals surface area contributed by atoms with Crippen LogP contribution in [0.4, 0.5) is 0 Å². The number of benzene rings is 2. The number of aryl methyl sites for hydroxylation is 2. The fourth-order valence-corrected chi connectivity index (χ4v) is 2.63. The van der Waals surface area contributed by atoms with E-state index in [2.05, 4.69) is 10.3 Å². The zero-order chi connectivity index (χ0) is 17.6. The molecule has 0 radical (unpaired) electrons. The van der Waals surface area contributed by atoms with Gasteiger partial charge < -0.3 is 14.6 Å². The van der Waals surface area contributed by atoms with Crippen molar-refractivity contribution in [2.45, 2.75) is 20.4 Å². The van der Waals surface area contributed by atoms with E-state index in [0.29, 0.717) is 6.54 Å². The van der Waals surface area contributed by atoms with Crippen molar-refractivity contribution in [3.63, 3.8) is 0 Å². The maximum Gasteiger partial charge on any atom is 0.258 e. The predicted molar refractivity (Wildman–Crippen MR) is 96.8 cm³/mol. The molecule has 0 aliphatic carbocycles. The minimum Gasteiger partial charge on any atom is -0.484 e. The molecule has 0 aliphatic rings. The second-order valence-corrected chi connectivity index (χ2v) is 5.80. The number of para-hydroxylation sites is 2. The van der Waals surface area contributed by atoms with Crippen LogP contribution in [0, 0.1) is 13.8 Å². The third-order valence-electron chi connectivity index (χ3n) is 4.01. The van der Waals surface area contributed by atoms with E-state index in [1.54, 1.807) is 6.20 Å². The Hall–Kier alpha value is -3.08. The van der Waals surface area contributed by atoms with Crippen molar-refractivity contribution in [1.82, 2.24) is 14.9 Å². The molecule has 5 heteroatoms. The Morgan fingerprint density at radius 3 is 2.64 bits per heavy atom. The van der Waals surface area contributed by atoms with E-state index in [0.717, 1.165) is 28.4 Å². The topological polar surface area (TPSA) is 56.1 Å². The highest BCUT2D eigenvalue weighted by molar-refractivity contribution is 5.77. The third kappa shape index (κ3) is 4.07. The molecule has 0 bridgehead atoms. The Morgan fingerprint density at radius 1 is 1.12 bits per heavy atom. The molecule has 2 aromatic carbocycles. The first kappa shape index (κ1) is 16.8. The molecule has 0 saturated heterocycles. The minimum absolute atomic E-state index is 0.00285. The summed E-state index contributed by atoms with van der Waals surface area (Å²) in [4.78, 5) is 16.4. The van der Waals surface area contributed by atoms with Crippen LogP contribution < -0.4 is 10.1 Å². The first-order valence-electron chi connectivity index (χ1n) is 8.18. The summed E-state index contributed by atoms with van der Waals surface area (Å²) >= 11 is 0. The quantitative estimate of drug-likeness (QED) is 0.753. The second-order valence-electron chi connectivity index (χ2n) is 5.80. The van der Waals surface area contributed by atoms with E-state index in [9.17, 15) is 4.79 Å². The fourth-order valence-electron chi connectivity index (χ4n) is 2.63. The van der Waals surface area contributed by atoms with Crippen LogP contribution in [0.25, 0.3) is 5.69 Å². The lowest BCUT2D eigenvalue weighted by Crippen LogP contribution is -2.29. The number of carbonyl (C=O) groups excluding carboxylic acids is 1. The molecule has 0 unspecified atom stereocenters. The van der Waals surface area contributed by atoms with Crippen molar-refractivity contribution >= 4 is 5.91 Å². The number of imidazole rings is 1. The van der Waals surface area contributed by atoms with Crippen molar-refractivity contribution in [3.05, 3.63) is 77.9 Å². The standard InChI is InChI=1S/C20H21N3O2/c1-15-7-3-6-10-19(15)25-14-20(24)22-13-17-8-4-5-9-18(17)23-12-11-21-16(23)2/h3-12H,13-14H2,1-2H3,(H,22,24). The molecule has 25 heavy (non-hydrogen) atoms. The summed E-state index contributed by atoms with van der Waals surface area (Å²) in [5, 5.41) is 2.91. The normalized spacial score (nSPS) is 10.5. The van der Waals surface area contributed by atoms with Crippen molar-refractivity contribution in [1.29, 1.82) is 0 Å². The van der Waals surface area contributed by atoms with Gasteiger partial charge in [-0.05, 0) is 37.1 Å². The van der Waals surface area contributed by atoms with E-state index < -0.39 is 0 Å². The van der Waals surface area contributed by atoms with Crippen molar-refractivity contribution in [2.24, 2.45) is 0 Å². The number of carbonyl (C=O) groups is 1. The smallest absolute Gasteiger partial charge is 0.258 e. The number of nitrogens with zero attached hydrogens (tertiary/aromatic N) is 2. The van der Waals surface area contributed by atoms with Gasteiger partial charge in [-0.15, -0.1) is 0 Å². The number of amides is 1. The monoisotopic (exact) mass is 335 g/mol. The van der Waals surface area contributed by atoms with Crippen LogP contribution in [0.3, 0.4) is 0 Å². The van der Waals surface area contributed by atoms with Gasteiger partial charge in [-0.1, -0.05) is 36.4 Å². The third-order valence-corrected chi connectivity index (χ3v) is 4.01. The number of aromatic nitrogens is 2. The first-order valence-corrected chi connectivity index (χ1v) is 8.18. The molecule has 3 rings (SSSR count).